The molecule has 2 aliphatic rings. The van der Waals surface area contributed by atoms with E-state index in [1.54, 1.807) is 25.1 Å². The van der Waals surface area contributed by atoms with Crippen molar-refractivity contribution in [3.05, 3.63) is 58.3 Å². The van der Waals surface area contributed by atoms with Crippen LogP contribution in [0.4, 0.5) is 0 Å². The van der Waals surface area contributed by atoms with Crippen LogP contribution < -0.4 is 5.32 Å². The van der Waals surface area contributed by atoms with E-state index in [9.17, 15) is 19.5 Å². The van der Waals surface area contributed by atoms with Crippen molar-refractivity contribution in [3.63, 3.8) is 0 Å². The minimum atomic E-state index is -1.16. The van der Waals surface area contributed by atoms with Crippen LogP contribution in [-0.2, 0) is 19.2 Å². The third-order valence-electron chi connectivity index (χ3n) is 5.15. The summed E-state index contributed by atoms with van der Waals surface area (Å²) in [6.07, 6.45) is 0. The molecule has 2 atom stereocenters. The Balaban J connectivity index is 1.59. The number of β-lactam (4-membered cyclic amide) rings is 1. The summed E-state index contributed by atoms with van der Waals surface area (Å²) < 4.78 is 0. The first-order valence-corrected chi connectivity index (χ1v) is 10.7. The third kappa shape index (κ3) is 3.64. The van der Waals surface area contributed by atoms with Crippen LogP contribution in [0.3, 0.4) is 0 Å². The van der Waals surface area contributed by atoms with Crippen molar-refractivity contribution in [2.45, 2.75) is 18.3 Å². The Hall–Kier alpha value is -3.04. The van der Waals surface area contributed by atoms with Gasteiger partial charge in [-0.15, -0.1) is 11.8 Å². The number of halogens is 1. The van der Waals surface area contributed by atoms with Crippen molar-refractivity contribution in [1.82, 2.24) is 10.2 Å². The number of carboxylic acids is 1. The molecule has 2 aromatic rings. The van der Waals surface area contributed by atoms with Gasteiger partial charge in [0.15, 0.2) is 5.71 Å². The van der Waals surface area contributed by atoms with Crippen molar-refractivity contribution in [3.8, 4) is 0 Å². The number of fused-ring (bicyclic) bond motifs is 2. The van der Waals surface area contributed by atoms with Gasteiger partial charge < -0.3 is 15.3 Å². The van der Waals surface area contributed by atoms with Gasteiger partial charge in [0.25, 0.3) is 11.8 Å². The molecule has 31 heavy (non-hydrogen) atoms. The van der Waals surface area contributed by atoms with Crippen LogP contribution in [0.5, 0.6) is 0 Å². The fraction of sp³-hybridized carbons (Fsp3) is 0.238. The van der Waals surface area contributed by atoms with Crippen LogP contribution in [0.25, 0.3) is 10.8 Å². The summed E-state index contributed by atoms with van der Waals surface area (Å²) in [4.78, 5) is 43.3. The first-order chi connectivity index (χ1) is 14.8. The van der Waals surface area contributed by atoms with Gasteiger partial charge in [-0.2, -0.15) is 0 Å². The Morgan fingerprint density at radius 3 is 2.81 bits per heavy atom. The maximum absolute atomic E-state index is 13.0. The Morgan fingerprint density at radius 2 is 2.10 bits per heavy atom. The average molecular weight is 460 g/mol. The highest BCUT2D eigenvalue weighted by molar-refractivity contribution is 8.00. The number of nitrogens with one attached hydrogen (secondary N) is 1. The van der Waals surface area contributed by atoms with Gasteiger partial charge in [-0.1, -0.05) is 41.0 Å². The molecule has 0 spiro atoms. The Labute approximate surface area is 186 Å². The van der Waals surface area contributed by atoms with E-state index < -0.39 is 29.2 Å². The maximum atomic E-state index is 13.0. The minimum absolute atomic E-state index is 0.0124. The molecule has 0 aromatic heterocycles. The molecule has 0 saturated carbocycles. The molecule has 2 amide bonds. The van der Waals surface area contributed by atoms with E-state index in [4.69, 9.17) is 16.4 Å². The van der Waals surface area contributed by atoms with Crippen molar-refractivity contribution < 1.29 is 24.3 Å². The first kappa shape index (κ1) is 21.2. The van der Waals surface area contributed by atoms with Gasteiger partial charge in [-0.25, -0.2) is 4.79 Å². The number of aliphatic carboxylic acids is 1. The summed E-state index contributed by atoms with van der Waals surface area (Å²) in [6, 6.07) is 9.89. The number of hydrogen-bond donors (Lipinski definition) is 2. The number of hydrogen-bond acceptors (Lipinski definition) is 6. The molecule has 1 saturated heterocycles. The van der Waals surface area contributed by atoms with Crippen LogP contribution in [0, 0.1) is 0 Å². The van der Waals surface area contributed by atoms with Crippen LogP contribution in [0.1, 0.15) is 12.5 Å². The number of rotatable bonds is 5. The molecule has 160 valence electrons. The number of carbonyl (C=O) groups is 3. The molecule has 0 radical (unpaired) electrons. The van der Waals surface area contributed by atoms with E-state index in [1.165, 1.54) is 23.8 Å². The molecular formula is C21H18ClN3O5S. The van der Waals surface area contributed by atoms with Crippen molar-refractivity contribution in [1.29, 1.82) is 0 Å². The van der Waals surface area contributed by atoms with Crippen LogP contribution in [0.15, 0.2) is 52.8 Å². The largest absolute Gasteiger partial charge is 0.477 e. The quantitative estimate of drug-likeness (QED) is 0.404. The number of nitrogens with zero attached hydrogens (tertiary/aromatic N) is 2. The molecule has 2 aromatic carbocycles. The van der Waals surface area contributed by atoms with Crippen molar-refractivity contribution in [2.24, 2.45) is 5.16 Å². The fourth-order valence-electron chi connectivity index (χ4n) is 3.68. The molecule has 2 heterocycles. The lowest BCUT2D eigenvalue weighted by Crippen LogP contribution is -2.71. The molecule has 4 rings (SSSR count). The lowest BCUT2D eigenvalue weighted by molar-refractivity contribution is -0.150. The smallest absolute Gasteiger partial charge is 0.352 e. The zero-order valence-corrected chi connectivity index (χ0v) is 18.2. The van der Waals surface area contributed by atoms with Gasteiger partial charge in [0.1, 0.15) is 24.2 Å². The SMILES string of the molecule is CON=C(C(=O)NC1C(=O)N2C(C(=O)O)=C(C)CS[C@@H]12)c1ccc2cccc(Cl)c2c1. The highest BCUT2D eigenvalue weighted by Gasteiger charge is 2.54. The summed E-state index contributed by atoms with van der Waals surface area (Å²) in [5, 5.41) is 17.7. The summed E-state index contributed by atoms with van der Waals surface area (Å²) in [5.74, 6) is -1.77. The Morgan fingerprint density at radius 1 is 1.32 bits per heavy atom. The second-order valence-electron chi connectivity index (χ2n) is 7.09. The standard InChI is InChI=1S/C21H18ClN3O5S/c1-10-9-31-20-16(19(27)25(20)17(10)21(28)29)23-18(26)15(24-30-2)12-7-6-11-4-3-5-14(22)13(11)8-12/h3-8,16,20H,9H2,1-2H3,(H,23,26)(H,28,29)/t16?,20-/m0/s1. The second kappa shape index (κ2) is 8.24. The van der Waals surface area contributed by atoms with E-state index in [-0.39, 0.29) is 11.4 Å². The lowest BCUT2D eigenvalue weighted by atomic mass is 10.0. The Kier molecular flexibility index (Phi) is 5.63. The van der Waals surface area contributed by atoms with Gasteiger partial charge in [-0.3, -0.25) is 14.5 Å². The molecule has 10 heteroatoms. The maximum Gasteiger partial charge on any atom is 0.352 e. The number of oxime groups is 1. The lowest BCUT2D eigenvalue weighted by Gasteiger charge is -2.49. The molecular weight excluding hydrogens is 442 g/mol. The number of amides is 2. The normalized spacial score (nSPS) is 20.9. The first-order valence-electron chi connectivity index (χ1n) is 9.32. The molecule has 2 aliphatic heterocycles. The fourth-order valence-corrected chi connectivity index (χ4v) is 5.21. The highest BCUT2D eigenvalue weighted by atomic mass is 35.5. The molecule has 0 bridgehead atoms. The highest BCUT2D eigenvalue weighted by Crippen LogP contribution is 2.40. The van der Waals surface area contributed by atoms with E-state index in [0.717, 1.165) is 10.8 Å². The molecule has 8 nitrogen and oxygen atoms in total. The van der Waals surface area contributed by atoms with Crippen LogP contribution in [0.2, 0.25) is 5.02 Å². The van der Waals surface area contributed by atoms with Gasteiger partial charge >= 0.3 is 5.97 Å². The van der Waals surface area contributed by atoms with E-state index in [0.29, 0.717) is 21.9 Å². The summed E-state index contributed by atoms with van der Waals surface area (Å²) >= 11 is 7.68. The topological polar surface area (TPSA) is 108 Å². The summed E-state index contributed by atoms with van der Waals surface area (Å²) in [6.45, 7) is 1.68. The van der Waals surface area contributed by atoms with Gasteiger partial charge in [0.05, 0.1) is 0 Å². The predicted molar refractivity (Wildman–Crippen MR) is 118 cm³/mol. The minimum Gasteiger partial charge on any atom is -0.477 e. The average Bonchev–Trinajstić information content (AvgIpc) is 2.75. The van der Waals surface area contributed by atoms with Crippen LogP contribution in [-0.4, -0.2) is 57.8 Å². The number of carboxylic acid groups (broad SMARTS) is 1. The predicted octanol–water partition coefficient (Wildman–Crippen LogP) is 2.60. The zero-order chi connectivity index (χ0) is 22.3. The zero-order valence-electron chi connectivity index (χ0n) is 16.6. The monoisotopic (exact) mass is 459 g/mol. The molecule has 2 N–H and O–H groups in total. The van der Waals surface area contributed by atoms with Crippen molar-refractivity contribution in [2.75, 3.05) is 12.9 Å². The van der Waals surface area contributed by atoms with E-state index in [2.05, 4.69) is 10.5 Å². The van der Waals surface area contributed by atoms with Gasteiger partial charge in [0.2, 0.25) is 0 Å². The summed E-state index contributed by atoms with van der Waals surface area (Å²) in [5.41, 5.74) is 1.05. The Bertz CT molecular complexity index is 1180. The number of thioether (sulfide) groups is 1. The van der Waals surface area contributed by atoms with Gasteiger partial charge in [-0.05, 0) is 30.0 Å². The van der Waals surface area contributed by atoms with Crippen LogP contribution >= 0.6 is 23.4 Å². The molecule has 1 fully saturated rings. The number of carbonyl (C=O) groups excluding carboxylic acids is 2. The molecule has 1 unspecified atom stereocenters. The van der Waals surface area contributed by atoms with E-state index in [1.807, 2.05) is 18.2 Å². The second-order valence-corrected chi connectivity index (χ2v) is 8.61. The third-order valence-corrected chi connectivity index (χ3v) is 6.90. The molecule has 0 aliphatic carbocycles. The van der Waals surface area contributed by atoms with E-state index >= 15 is 0 Å². The summed E-state index contributed by atoms with van der Waals surface area (Å²) in [7, 11) is 1.32. The number of benzene rings is 2. The van der Waals surface area contributed by atoms with Gasteiger partial charge in [0, 0.05) is 21.7 Å². The van der Waals surface area contributed by atoms with Crippen molar-refractivity contribution >= 4 is 57.6 Å².